The fourth-order valence-electron chi connectivity index (χ4n) is 8.15. The average Bonchev–Trinajstić information content (AvgIpc) is 3.69. The topological polar surface area (TPSA) is 155 Å². The Bertz CT molecular complexity index is 3480. The van der Waals surface area contributed by atoms with Gasteiger partial charge in [-0.1, -0.05) is 86.8 Å². The van der Waals surface area contributed by atoms with Crippen LogP contribution in [0.3, 0.4) is 0 Å². The van der Waals surface area contributed by atoms with E-state index in [2.05, 4.69) is 133 Å². The molecule has 0 saturated carbocycles. The summed E-state index contributed by atoms with van der Waals surface area (Å²) >= 11 is 0. The van der Waals surface area contributed by atoms with Crippen LogP contribution < -0.4 is 0 Å². The first-order valence-electron chi connectivity index (χ1n) is 27.9. The summed E-state index contributed by atoms with van der Waals surface area (Å²) in [7, 11) is 0. The molecule has 424 valence electrons. The Balaban J connectivity index is 0.000000166. The van der Waals surface area contributed by atoms with E-state index in [1.807, 2.05) is 197 Å². The second-order valence-corrected chi connectivity index (χ2v) is 18.5. The summed E-state index contributed by atoms with van der Waals surface area (Å²) in [6, 6.07) is 47.8. The minimum absolute atomic E-state index is 0. The van der Waals surface area contributed by atoms with Gasteiger partial charge in [-0.25, -0.2) is 0 Å². The molecule has 0 aliphatic rings. The van der Waals surface area contributed by atoms with Crippen molar-refractivity contribution in [3.8, 4) is 34.2 Å². The molecule has 0 fully saturated rings. The number of rotatable bonds is 15. The van der Waals surface area contributed by atoms with Crippen LogP contribution in [-0.2, 0) is 17.1 Å². The number of hydrogen-bond donors (Lipinski definition) is 0. The Morgan fingerprint density at radius 3 is 0.425 bits per heavy atom. The molecule has 0 N–H and O–H groups in total. The van der Waals surface area contributed by atoms with Crippen LogP contribution in [0.2, 0.25) is 0 Å². The van der Waals surface area contributed by atoms with Crippen LogP contribution in [0.1, 0.15) is 80.6 Å². The first-order chi connectivity index (χ1) is 42.6. The van der Waals surface area contributed by atoms with Crippen molar-refractivity contribution < 1.29 is 17.1 Å². The summed E-state index contributed by atoms with van der Waals surface area (Å²) in [5.74, 6) is 0. The van der Waals surface area contributed by atoms with Gasteiger partial charge in [-0.15, -0.1) is 0 Å². The first-order valence-corrected chi connectivity index (χ1v) is 27.9. The summed E-state index contributed by atoms with van der Waals surface area (Å²) in [4.78, 5) is 51.1. The molecule has 0 bridgehead atoms. The van der Waals surface area contributed by atoms with E-state index in [-0.39, 0.29) is 17.1 Å². The van der Waals surface area contributed by atoms with Crippen LogP contribution >= 0.6 is 0 Å². The molecule has 0 saturated heterocycles. The molecule has 87 heavy (non-hydrogen) atoms. The zero-order chi connectivity index (χ0) is 59.1. The Morgan fingerprint density at radius 1 is 0.172 bits per heavy atom. The molecule has 12 nitrogen and oxygen atoms in total. The maximum Gasteiger partial charge on any atom is 0.0892 e. The van der Waals surface area contributed by atoms with Crippen molar-refractivity contribution in [1.29, 1.82) is 0 Å². The van der Waals surface area contributed by atoms with E-state index in [0.717, 1.165) is 101 Å². The third kappa shape index (κ3) is 20.6. The summed E-state index contributed by atoms with van der Waals surface area (Å²) in [6.45, 7) is 4.00. The van der Waals surface area contributed by atoms with Crippen molar-refractivity contribution in [1.82, 2.24) is 59.8 Å². The smallest absolute Gasteiger partial charge is 0.0892 e. The van der Waals surface area contributed by atoms with Crippen molar-refractivity contribution in [3.05, 3.63) is 324 Å². The molecule has 12 aromatic heterocycles. The fourth-order valence-corrected chi connectivity index (χ4v) is 8.15. The average molecular weight is 1170 g/mol. The van der Waals surface area contributed by atoms with Crippen molar-refractivity contribution >= 4 is 72.9 Å². The molecule has 0 aliphatic carbocycles. The van der Waals surface area contributed by atoms with Gasteiger partial charge in [0.05, 0.1) is 34.2 Å². The van der Waals surface area contributed by atoms with Gasteiger partial charge in [0, 0.05) is 129 Å². The summed E-state index contributed by atoms with van der Waals surface area (Å²) in [5, 5.41) is 0. The van der Waals surface area contributed by atoms with Gasteiger partial charge in [0.15, 0.2) is 0 Å². The Labute approximate surface area is 518 Å². The molecule has 0 atom stereocenters. The molecule has 0 aliphatic heterocycles. The first kappa shape index (κ1) is 61.8. The fraction of sp³-hybridized carbons (Fsp3) is 0.0270. The molecule has 0 radical (unpaired) electrons. The molecule has 0 aromatic carbocycles. The van der Waals surface area contributed by atoms with Crippen LogP contribution in [0.4, 0.5) is 0 Å². The standard InChI is InChI=1S/3C24H18N4.C2H6.Fe/c3*1(19-5-11-25-12-6-19)3-21-9-15-27-23(17-21)24-18-22(10-16-28-24)4-2-20-7-13-26-14-8-20;1-2;/h3*1-18H;1-2H3;/b3*3-1+,4-2+;;. The van der Waals surface area contributed by atoms with E-state index in [0.29, 0.717) is 0 Å². The van der Waals surface area contributed by atoms with E-state index >= 15 is 0 Å². The van der Waals surface area contributed by atoms with Crippen LogP contribution in [0.15, 0.2) is 257 Å². The van der Waals surface area contributed by atoms with Gasteiger partial charge in [0.1, 0.15) is 0 Å². The van der Waals surface area contributed by atoms with Crippen LogP contribution in [0.5, 0.6) is 0 Å². The van der Waals surface area contributed by atoms with Gasteiger partial charge in [-0.3, -0.25) is 59.8 Å². The summed E-state index contributed by atoms with van der Waals surface area (Å²) < 4.78 is 0. The van der Waals surface area contributed by atoms with E-state index in [4.69, 9.17) is 0 Å². The van der Waals surface area contributed by atoms with E-state index in [1.165, 1.54) is 0 Å². The van der Waals surface area contributed by atoms with E-state index < -0.39 is 0 Å². The SMILES string of the molecule is C(=C\c1ccnc(-c2cc(/C=C/c3ccncc3)ccn2)c1)/c1ccncc1.C(=C\c1ccnc(-c2cc(/C=C/c3ccncc3)ccn2)c1)/c1ccncc1.C(=C\c1ccnc(-c2cc(/C=C/c3ccncc3)ccn2)c1)/c1ccncc1.CC.[Fe]. The van der Waals surface area contributed by atoms with Gasteiger partial charge in [-0.2, -0.15) is 0 Å². The van der Waals surface area contributed by atoms with Gasteiger partial charge >= 0.3 is 0 Å². The van der Waals surface area contributed by atoms with Crippen LogP contribution in [-0.4, -0.2) is 59.8 Å². The normalized spacial score (nSPS) is 11.0. The van der Waals surface area contributed by atoms with Gasteiger partial charge in [-0.05, 0) is 212 Å². The molecule has 12 aromatic rings. The zero-order valence-electron chi connectivity index (χ0n) is 47.9. The molecule has 0 spiro atoms. The number of nitrogens with zero attached hydrogens (tertiary/aromatic N) is 12. The minimum Gasteiger partial charge on any atom is -0.265 e. The minimum atomic E-state index is 0. The number of aromatic nitrogens is 12. The molecular formula is C74H60FeN12. The predicted molar refractivity (Wildman–Crippen MR) is 353 cm³/mol. The van der Waals surface area contributed by atoms with Crippen molar-refractivity contribution in [2.45, 2.75) is 13.8 Å². The monoisotopic (exact) mass is 1170 g/mol. The number of pyridine rings is 12. The molecule has 0 amide bonds. The maximum atomic E-state index is 4.49. The van der Waals surface area contributed by atoms with Gasteiger partial charge in [0.25, 0.3) is 0 Å². The van der Waals surface area contributed by atoms with Gasteiger partial charge in [0.2, 0.25) is 0 Å². The van der Waals surface area contributed by atoms with Crippen LogP contribution in [0.25, 0.3) is 107 Å². The number of hydrogen-bond acceptors (Lipinski definition) is 12. The molecule has 13 heteroatoms. The van der Waals surface area contributed by atoms with Crippen LogP contribution in [0, 0.1) is 0 Å². The van der Waals surface area contributed by atoms with E-state index in [1.54, 1.807) is 74.4 Å². The van der Waals surface area contributed by atoms with Gasteiger partial charge < -0.3 is 0 Å². The Kier molecular flexibility index (Phi) is 24.4. The molecule has 12 heterocycles. The second-order valence-electron chi connectivity index (χ2n) is 18.5. The third-order valence-corrected chi connectivity index (χ3v) is 12.5. The molecule has 0 unspecified atom stereocenters. The Morgan fingerprint density at radius 2 is 0.287 bits per heavy atom. The predicted octanol–water partition coefficient (Wildman–Crippen LogP) is 16.8. The summed E-state index contributed by atoms with van der Waals surface area (Å²) in [6.07, 6.45) is 57.0. The van der Waals surface area contributed by atoms with E-state index in [9.17, 15) is 0 Å². The Hall–Kier alpha value is -11.2. The largest absolute Gasteiger partial charge is 0.265 e. The summed E-state index contributed by atoms with van der Waals surface area (Å²) in [5.41, 5.74) is 18.1. The quantitative estimate of drug-likeness (QED) is 0.0897. The third-order valence-electron chi connectivity index (χ3n) is 12.5. The molecule has 12 rings (SSSR count). The van der Waals surface area contributed by atoms with Crippen molar-refractivity contribution in [3.63, 3.8) is 0 Å². The second kappa shape index (κ2) is 34.4. The zero-order valence-corrected chi connectivity index (χ0v) is 49.0. The van der Waals surface area contributed by atoms with Crippen molar-refractivity contribution in [2.75, 3.05) is 0 Å². The van der Waals surface area contributed by atoms with Crippen molar-refractivity contribution in [2.24, 2.45) is 0 Å². The maximum absolute atomic E-state index is 4.49. The molecular weight excluding hydrogens is 1110 g/mol.